The first kappa shape index (κ1) is 17.3. The third kappa shape index (κ3) is 4.10. The minimum atomic E-state index is -0.613. The molecule has 0 bridgehead atoms. The summed E-state index contributed by atoms with van der Waals surface area (Å²) < 4.78 is 6.67. The van der Waals surface area contributed by atoms with Crippen LogP contribution in [0.15, 0.2) is 60.0 Å². The molecule has 0 aliphatic heterocycles. The first-order chi connectivity index (χ1) is 12.7. The summed E-state index contributed by atoms with van der Waals surface area (Å²) in [5.41, 5.74) is 1.13. The zero-order valence-electron chi connectivity index (χ0n) is 14.1. The minimum absolute atomic E-state index is 0.0400. The standard InChI is InChI=1S/C18H17N5O3/c1-2-23-11-15(18(25)26-12-13-5-8-19-9-6-13)22-16(17(23)24)21-14-4-3-7-20-10-14/h3-11H,2,12H2,1H3,(H,21,22). The van der Waals surface area contributed by atoms with E-state index in [0.29, 0.717) is 12.2 Å². The Bertz CT molecular complexity index is 942. The van der Waals surface area contributed by atoms with E-state index in [0.717, 1.165) is 5.56 Å². The molecule has 26 heavy (non-hydrogen) atoms. The normalized spacial score (nSPS) is 10.3. The molecule has 0 fully saturated rings. The van der Waals surface area contributed by atoms with Crippen LogP contribution < -0.4 is 10.9 Å². The van der Waals surface area contributed by atoms with Gasteiger partial charge in [0.2, 0.25) is 0 Å². The Hall–Kier alpha value is -3.55. The second-order valence-electron chi connectivity index (χ2n) is 5.36. The predicted molar refractivity (Wildman–Crippen MR) is 95.0 cm³/mol. The number of ether oxygens (including phenoxy) is 1. The second kappa shape index (κ2) is 8.02. The zero-order chi connectivity index (χ0) is 18.4. The number of rotatable bonds is 6. The van der Waals surface area contributed by atoms with E-state index < -0.39 is 5.97 Å². The number of nitrogens with zero attached hydrogens (tertiary/aromatic N) is 4. The molecule has 132 valence electrons. The van der Waals surface area contributed by atoms with Gasteiger partial charge in [-0.2, -0.15) is 0 Å². The molecule has 3 rings (SSSR count). The third-order valence-corrected chi connectivity index (χ3v) is 3.57. The van der Waals surface area contributed by atoms with Crippen molar-refractivity contribution in [3.05, 3.63) is 76.9 Å². The van der Waals surface area contributed by atoms with Gasteiger partial charge in [0.05, 0.1) is 11.9 Å². The molecule has 0 aliphatic carbocycles. The largest absolute Gasteiger partial charge is 0.456 e. The Morgan fingerprint density at radius 3 is 2.69 bits per heavy atom. The zero-order valence-corrected chi connectivity index (χ0v) is 14.1. The van der Waals surface area contributed by atoms with Gasteiger partial charge >= 0.3 is 5.97 Å². The van der Waals surface area contributed by atoms with Gasteiger partial charge in [-0.15, -0.1) is 0 Å². The molecule has 0 saturated carbocycles. The van der Waals surface area contributed by atoms with E-state index in [1.165, 1.54) is 10.8 Å². The smallest absolute Gasteiger partial charge is 0.358 e. The van der Waals surface area contributed by atoms with E-state index in [4.69, 9.17) is 4.74 Å². The minimum Gasteiger partial charge on any atom is -0.456 e. The van der Waals surface area contributed by atoms with E-state index >= 15 is 0 Å². The van der Waals surface area contributed by atoms with Crippen LogP contribution >= 0.6 is 0 Å². The number of hydrogen-bond acceptors (Lipinski definition) is 7. The summed E-state index contributed by atoms with van der Waals surface area (Å²) >= 11 is 0. The molecular formula is C18H17N5O3. The van der Waals surface area contributed by atoms with Gasteiger partial charge in [-0.25, -0.2) is 9.78 Å². The van der Waals surface area contributed by atoms with Gasteiger partial charge in [0.15, 0.2) is 11.5 Å². The van der Waals surface area contributed by atoms with Crippen LogP contribution in [-0.2, 0) is 17.9 Å². The van der Waals surface area contributed by atoms with E-state index in [-0.39, 0.29) is 23.7 Å². The molecular weight excluding hydrogens is 334 g/mol. The fourth-order valence-corrected chi connectivity index (χ4v) is 2.23. The number of anilines is 2. The Morgan fingerprint density at radius 1 is 1.19 bits per heavy atom. The maximum atomic E-state index is 12.4. The Kier molecular flexibility index (Phi) is 5.33. The Balaban J connectivity index is 1.83. The van der Waals surface area contributed by atoms with Crippen molar-refractivity contribution in [1.29, 1.82) is 0 Å². The van der Waals surface area contributed by atoms with Gasteiger partial charge in [0.25, 0.3) is 5.56 Å². The van der Waals surface area contributed by atoms with Crippen molar-refractivity contribution in [2.75, 3.05) is 5.32 Å². The van der Waals surface area contributed by atoms with Gasteiger partial charge < -0.3 is 14.6 Å². The molecule has 8 heteroatoms. The topological polar surface area (TPSA) is 99.0 Å². The van der Waals surface area contributed by atoms with E-state index in [9.17, 15) is 9.59 Å². The lowest BCUT2D eigenvalue weighted by Crippen LogP contribution is -2.25. The van der Waals surface area contributed by atoms with Crippen LogP contribution in [-0.4, -0.2) is 25.5 Å². The summed E-state index contributed by atoms with van der Waals surface area (Å²) in [5.74, 6) is -0.573. The third-order valence-electron chi connectivity index (χ3n) is 3.57. The highest BCUT2D eigenvalue weighted by molar-refractivity contribution is 5.87. The number of esters is 1. The van der Waals surface area contributed by atoms with Gasteiger partial charge in [-0.3, -0.25) is 14.8 Å². The van der Waals surface area contributed by atoms with Crippen molar-refractivity contribution in [3.63, 3.8) is 0 Å². The van der Waals surface area contributed by atoms with Crippen molar-refractivity contribution < 1.29 is 9.53 Å². The summed E-state index contributed by atoms with van der Waals surface area (Å²) in [4.78, 5) is 36.8. The van der Waals surface area contributed by atoms with E-state index in [1.54, 1.807) is 56.0 Å². The SMILES string of the molecule is CCn1cc(C(=O)OCc2ccncc2)nc(Nc2cccnc2)c1=O. The second-order valence-corrected chi connectivity index (χ2v) is 5.36. The number of aromatic nitrogens is 4. The highest BCUT2D eigenvalue weighted by Gasteiger charge is 2.15. The first-order valence-electron chi connectivity index (χ1n) is 8.02. The highest BCUT2D eigenvalue weighted by atomic mass is 16.5. The maximum Gasteiger partial charge on any atom is 0.358 e. The number of carbonyl (C=O) groups is 1. The quantitative estimate of drug-likeness (QED) is 0.679. The van der Waals surface area contributed by atoms with Gasteiger partial charge in [0, 0.05) is 31.3 Å². The molecule has 3 aromatic heterocycles. The summed E-state index contributed by atoms with van der Waals surface area (Å²) in [6.07, 6.45) is 7.82. The first-order valence-corrected chi connectivity index (χ1v) is 8.02. The van der Waals surface area contributed by atoms with Crippen LogP contribution in [0, 0.1) is 0 Å². The molecule has 0 spiro atoms. The summed E-state index contributed by atoms with van der Waals surface area (Å²) in [7, 11) is 0. The lowest BCUT2D eigenvalue weighted by molar-refractivity contribution is 0.0464. The molecule has 0 saturated heterocycles. The average Bonchev–Trinajstić information content (AvgIpc) is 2.69. The average molecular weight is 351 g/mol. The van der Waals surface area contributed by atoms with Gasteiger partial charge in [-0.05, 0) is 36.8 Å². The highest BCUT2D eigenvalue weighted by Crippen LogP contribution is 2.11. The number of hydrogen-bond donors (Lipinski definition) is 1. The fourth-order valence-electron chi connectivity index (χ4n) is 2.23. The molecule has 0 aromatic carbocycles. The molecule has 3 aromatic rings. The molecule has 8 nitrogen and oxygen atoms in total. The van der Waals surface area contributed by atoms with Crippen LogP contribution in [0.25, 0.3) is 0 Å². The molecule has 1 N–H and O–H groups in total. The predicted octanol–water partition coefficient (Wildman–Crippen LogP) is 2.15. The van der Waals surface area contributed by atoms with Crippen molar-refractivity contribution in [2.24, 2.45) is 0 Å². The number of nitrogens with one attached hydrogen (secondary N) is 1. The van der Waals surface area contributed by atoms with Gasteiger partial charge in [0.1, 0.15) is 6.61 Å². The lowest BCUT2D eigenvalue weighted by atomic mass is 10.3. The maximum absolute atomic E-state index is 12.4. The van der Waals surface area contributed by atoms with Crippen molar-refractivity contribution in [3.8, 4) is 0 Å². The van der Waals surface area contributed by atoms with Crippen molar-refractivity contribution >= 4 is 17.5 Å². The number of carbonyl (C=O) groups excluding carboxylic acids is 1. The van der Waals surface area contributed by atoms with Crippen LogP contribution in [0.5, 0.6) is 0 Å². The molecule has 0 atom stereocenters. The molecule has 3 heterocycles. The summed E-state index contributed by atoms with van der Waals surface area (Å²) in [5, 5.41) is 2.89. The van der Waals surface area contributed by atoms with E-state index in [2.05, 4.69) is 20.3 Å². The number of pyridine rings is 2. The molecule has 0 amide bonds. The Morgan fingerprint density at radius 2 is 2.00 bits per heavy atom. The van der Waals surface area contributed by atoms with Crippen LogP contribution in [0.2, 0.25) is 0 Å². The van der Waals surface area contributed by atoms with Crippen LogP contribution in [0.4, 0.5) is 11.5 Å². The molecule has 0 radical (unpaired) electrons. The van der Waals surface area contributed by atoms with Gasteiger partial charge in [-0.1, -0.05) is 0 Å². The van der Waals surface area contributed by atoms with Crippen molar-refractivity contribution in [1.82, 2.24) is 19.5 Å². The van der Waals surface area contributed by atoms with Crippen LogP contribution in [0.3, 0.4) is 0 Å². The summed E-state index contributed by atoms with van der Waals surface area (Å²) in [6.45, 7) is 2.30. The monoisotopic (exact) mass is 351 g/mol. The number of aryl methyl sites for hydroxylation is 1. The molecule has 0 unspecified atom stereocenters. The Labute approximate surface area is 149 Å². The molecule has 0 aliphatic rings. The van der Waals surface area contributed by atoms with Crippen LogP contribution in [0.1, 0.15) is 23.0 Å². The van der Waals surface area contributed by atoms with Crippen molar-refractivity contribution in [2.45, 2.75) is 20.1 Å². The lowest BCUT2D eigenvalue weighted by Gasteiger charge is -2.11. The van der Waals surface area contributed by atoms with E-state index in [1.807, 2.05) is 0 Å². The summed E-state index contributed by atoms with van der Waals surface area (Å²) in [6, 6.07) is 6.98. The fraction of sp³-hybridized carbons (Fsp3) is 0.167.